The summed E-state index contributed by atoms with van der Waals surface area (Å²) in [5.74, 6) is 0.971. The fourth-order valence-electron chi connectivity index (χ4n) is 4.22. The Kier molecular flexibility index (Phi) is 10.1. The van der Waals surface area contributed by atoms with Gasteiger partial charge in [-0.2, -0.15) is 0 Å². The third-order valence-corrected chi connectivity index (χ3v) is 8.08. The van der Waals surface area contributed by atoms with E-state index in [-0.39, 0.29) is 23.0 Å². The molecule has 0 radical (unpaired) electrons. The molecule has 37 heavy (non-hydrogen) atoms. The Morgan fingerprint density at radius 2 is 1.03 bits per heavy atom. The van der Waals surface area contributed by atoms with Gasteiger partial charge in [-0.15, -0.1) is 0 Å². The molecule has 11 heteroatoms. The van der Waals surface area contributed by atoms with Crippen molar-refractivity contribution in [3.8, 4) is 11.5 Å². The van der Waals surface area contributed by atoms with Gasteiger partial charge in [-0.05, 0) is 48.5 Å². The molecule has 2 saturated heterocycles. The molecular formula is C26H36N2O8S. The lowest BCUT2D eigenvalue weighted by Gasteiger charge is -2.28. The smallest absolute Gasteiger partial charge is 0.206 e. The van der Waals surface area contributed by atoms with E-state index in [1.54, 1.807) is 24.3 Å². The standard InChI is InChI=1S/C26H36N2O8S/c29-21(17-27-9-13-33-14-10-27)19-35-23-1-5-25(6-2-23)37(31,32)26-7-3-24(4-8-26)36-20-22(30)18-28-11-15-34-16-12-28/h1-8,21-22,29-30H,9-20H2/t21-,22-/m1/s1. The van der Waals surface area contributed by atoms with Gasteiger partial charge in [0.1, 0.15) is 36.9 Å². The van der Waals surface area contributed by atoms with E-state index >= 15 is 0 Å². The lowest BCUT2D eigenvalue weighted by Crippen LogP contribution is -2.42. The normalized spacial score (nSPS) is 19.3. The van der Waals surface area contributed by atoms with Crippen molar-refractivity contribution in [3.63, 3.8) is 0 Å². The molecule has 0 bridgehead atoms. The first-order chi connectivity index (χ1) is 17.9. The quantitative estimate of drug-likeness (QED) is 0.401. The number of hydrogen-bond donors (Lipinski definition) is 2. The third-order valence-electron chi connectivity index (χ3n) is 6.30. The summed E-state index contributed by atoms with van der Waals surface area (Å²) in [6, 6.07) is 12.3. The van der Waals surface area contributed by atoms with Crippen molar-refractivity contribution in [2.45, 2.75) is 22.0 Å². The number of rotatable bonds is 12. The molecule has 2 aromatic carbocycles. The predicted molar refractivity (Wildman–Crippen MR) is 136 cm³/mol. The Balaban J connectivity index is 1.25. The summed E-state index contributed by atoms with van der Waals surface area (Å²) in [7, 11) is -3.72. The van der Waals surface area contributed by atoms with Crippen LogP contribution in [0.3, 0.4) is 0 Å². The molecular weight excluding hydrogens is 500 g/mol. The minimum atomic E-state index is -3.72. The van der Waals surface area contributed by atoms with Gasteiger partial charge in [0.15, 0.2) is 0 Å². The van der Waals surface area contributed by atoms with Crippen molar-refractivity contribution in [1.29, 1.82) is 0 Å². The lowest BCUT2D eigenvalue weighted by atomic mass is 10.3. The van der Waals surface area contributed by atoms with Crippen molar-refractivity contribution in [1.82, 2.24) is 9.80 Å². The van der Waals surface area contributed by atoms with E-state index in [1.165, 1.54) is 24.3 Å². The van der Waals surface area contributed by atoms with E-state index in [4.69, 9.17) is 18.9 Å². The zero-order valence-electron chi connectivity index (χ0n) is 20.9. The number of β-amino-alcohol motifs (C(OH)–C–C–N with tert-alkyl or cyclic N) is 2. The first-order valence-corrected chi connectivity index (χ1v) is 14.1. The van der Waals surface area contributed by atoms with Crippen LogP contribution in [-0.4, -0.2) is 120 Å². The van der Waals surface area contributed by atoms with Gasteiger partial charge >= 0.3 is 0 Å². The topological polar surface area (TPSA) is 118 Å². The molecule has 0 saturated carbocycles. The number of morpholine rings is 2. The van der Waals surface area contributed by atoms with Crippen molar-refractivity contribution in [2.24, 2.45) is 0 Å². The predicted octanol–water partition coefficient (Wildman–Crippen LogP) is 0.663. The van der Waals surface area contributed by atoms with Crippen LogP contribution >= 0.6 is 0 Å². The van der Waals surface area contributed by atoms with Crippen molar-refractivity contribution in [2.75, 3.05) is 78.9 Å². The largest absolute Gasteiger partial charge is 0.491 e. The van der Waals surface area contributed by atoms with Crippen LogP contribution < -0.4 is 9.47 Å². The molecule has 2 aliphatic heterocycles. The maximum atomic E-state index is 13.0. The second-order valence-electron chi connectivity index (χ2n) is 9.20. The number of aliphatic hydroxyl groups excluding tert-OH is 2. The monoisotopic (exact) mass is 536 g/mol. The molecule has 2 heterocycles. The number of ether oxygens (including phenoxy) is 4. The van der Waals surface area contributed by atoms with Crippen LogP contribution in [0.4, 0.5) is 0 Å². The first kappa shape index (κ1) is 27.8. The van der Waals surface area contributed by atoms with Gasteiger partial charge in [-0.25, -0.2) is 8.42 Å². The Morgan fingerprint density at radius 3 is 1.38 bits per heavy atom. The summed E-state index contributed by atoms with van der Waals surface area (Å²) in [4.78, 5) is 4.53. The van der Waals surface area contributed by atoms with E-state index in [2.05, 4.69) is 9.80 Å². The van der Waals surface area contributed by atoms with Gasteiger partial charge in [-0.1, -0.05) is 0 Å². The zero-order valence-corrected chi connectivity index (χ0v) is 21.7. The maximum absolute atomic E-state index is 13.0. The van der Waals surface area contributed by atoms with Gasteiger partial charge < -0.3 is 29.2 Å². The molecule has 2 fully saturated rings. The van der Waals surface area contributed by atoms with E-state index in [1.807, 2.05) is 0 Å². The highest BCUT2D eigenvalue weighted by molar-refractivity contribution is 7.91. The Bertz CT molecular complexity index is 973. The van der Waals surface area contributed by atoms with Crippen LogP contribution in [0.15, 0.2) is 58.3 Å². The van der Waals surface area contributed by atoms with Crippen LogP contribution in [-0.2, 0) is 19.3 Å². The molecule has 10 nitrogen and oxygen atoms in total. The molecule has 0 spiro atoms. The average molecular weight is 537 g/mol. The van der Waals surface area contributed by atoms with Crippen LogP contribution in [0.1, 0.15) is 0 Å². The second kappa shape index (κ2) is 13.5. The van der Waals surface area contributed by atoms with Crippen LogP contribution in [0.2, 0.25) is 0 Å². The zero-order chi connectivity index (χ0) is 26.1. The molecule has 4 rings (SSSR count). The van der Waals surface area contributed by atoms with Crippen LogP contribution in [0.25, 0.3) is 0 Å². The molecule has 0 amide bonds. The third kappa shape index (κ3) is 8.37. The summed E-state index contributed by atoms with van der Waals surface area (Å²) in [5, 5.41) is 20.5. The van der Waals surface area contributed by atoms with Gasteiger partial charge in [-0.3, -0.25) is 9.80 Å². The minimum absolute atomic E-state index is 0.117. The SMILES string of the molecule is O=S(=O)(c1ccc(OC[C@H](O)CN2CCOCC2)cc1)c1ccc(OC[C@H](O)CN2CCOCC2)cc1. The summed E-state index contributed by atoms with van der Waals surface area (Å²) >= 11 is 0. The molecule has 0 unspecified atom stereocenters. The number of hydrogen-bond acceptors (Lipinski definition) is 10. The lowest BCUT2D eigenvalue weighted by molar-refractivity contribution is 0.00452. The summed E-state index contributed by atoms with van der Waals surface area (Å²) in [5.41, 5.74) is 0. The van der Waals surface area contributed by atoms with Gasteiger partial charge in [0.05, 0.1) is 36.2 Å². The number of sulfone groups is 1. The van der Waals surface area contributed by atoms with E-state index in [0.717, 1.165) is 26.2 Å². The Hall–Kier alpha value is -2.25. The van der Waals surface area contributed by atoms with Crippen molar-refractivity contribution >= 4 is 9.84 Å². The molecule has 2 aromatic rings. The molecule has 204 valence electrons. The number of aliphatic hydroxyl groups is 2. The van der Waals surface area contributed by atoms with Gasteiger partial charge in [0.2, 0.25) is 9.84 Å². The van der Waals surface area contributed by atoms with E-state index < -0.39 is 22.0 Å². The average Bonchev–Trinajstić information content (AvgIpc) is 2.92. The van der Waals surface area contributed by atoms with E-state index in [0.29, 0.717) is 51.0 Å². The van der Waals surface area contributed by atoms with Gasteiger partial charge in [0.25, 0.3) is 0 Å². The highest BCUT2D eigenvalue weighted by atomic mass is 32.2. The highest BCUT2D eigenvalue weighted by Crippen LogP contribution is 2.25. The molecule has 2 atom stereocenters. The Labute approximate surface area is 218 Å². The number of nitrogens with zero attached hydrogens (tertiary/aromatic N) is 2. The molecule has 2 aliphatic rings. The summed E-state index contributed by atoms with van der Waals surface area (Å²) in [6.45, 7) is 7.04. The van der Waals surface area contributed by atoms with Gasteiger partial charge in [0, 0.05) is 39.3 Å². The maximum Gasteiger partial charge on any atom is 0.206 e. The Morgan fingerprint density at radius 1 is 0.676 bits per heavy atom. The first-order valence-electron chi connectivity index (χ1n) is 12.6. The fourth-order valence-corrected chi connectivity index (χ4v) is 5.48. The summed E-state index contributed by atoms with van der Waals surface area (Å²) < 4.78 is 48.0. The van der Waals surface area contributed by atoms with E-state index in [9.17, 15) is 18.6 Å². The van der Waals surface area contributed by atoms with Crippen LogP contribution in [0.5, 0.6) is 11.5 Å². The van der Waals surface area contributed by atoms with Crippen molar-refractivity contribution < 1.29 is 37.6 Å². The molecule has 0 aliphatic carbocycles. The summed E-state index contributed by atoms with van der Waals surface area (Å²) in [6.07, 6.45) is -1.30. The second-order valence-corrected chi connectivity index (χ2v) is 11.2. The molecule has 2 N–H and O–H groups in total. The minimum Gasteiger partial charge on any atom is -0.491 e. The number of benzene rings is 2. The molecule has 0 aromatic heterocycles. The van der Waals surface area contributed by atoms with Crippen molar-refractivity contribution in [3.05, 3.63) is 48.5 Å². The highest BCUT2D eigenvalue weighted by Gasteiger charge is 2.19. The van der Waals surface area contributed by atoms with Crippen LogP contribution in [0, 0.1) is 0 Å². The fraction of sp³-hybridized carbons (Fsp3) is 0.538.